The predicted octanol–water partition coefficient (Wildman–Crippen LogP) is 3.79. The average Bonchev–Trinajstić information content (AvgIpc) is 2.74. The van der Waals surface area contributed by atoms with Crippen molar-refractivity contribution in [1.82, 2.24) is 0 Å². The van der Waals surface area contributed by atoms with Gasteiger partial charge in [0.25, 0.3) is 0 Å². The molecule has 1 heteroatoms. The summed E-state index contributed by atoms with van der Waals surface area (Å²) in [4.78, 5) is 0. The van der Waals surface area contributed by atoms with Crippen LogP contribution in [0.15, 0.2) is 24.3 Å². The third-order valence-electron chi connectivity index (χ3n) is 4.06. The van der Waals surface area contributed by atoms with E-state index in [4.69, 9.17) is 4.74 Å². The Labute approximate surface area is 91.5 Å². The van der Waals surface area contributed by atoms with Gasteiger partial charge in [-0.2, -0.15) is 0 Å². The van der Waals surface area contributed by atoms with Crippen LogP contribution in [0.3, 0.4) is 0 Å². The van der Waals surface area contributed by atoms with E-state index in [2.05, 4.69) is 45.0 Å². The number of hydrogen-bond acceptors (Lipinski definition) is 1. The first-order valence-corrected chi connectivity index (χ1v) is 5.82. The molecule has 0 saturated carbocycles. The smallest absolute Gasteiger partial charge is 0.0992 e. The molecule has 80 valence electrons. The highest BCUT2D eigenvalue weighted by atomic mass is 16.5. The van der Waals surface area contributed by atoms with Crippen LogP contribution in [0.5, 0.6) is 0 Å². The van der Waals surface area contributed by atoms with Gasteiger partial charge in [-0.05, 0) is 29.4 Å². The van der Waals surface area contributed by atoms with E-state index < -0.39 is 0 Å². The molecule has 2 aliphatic heterocycles. The second-order valence-corrected chi connectivity index (χ2v) is 5.81. The lowest BCUT2D eigenvalue weighted by molar-refractivity contribution is -0.0951. The van der Waals surface area contributed by atoms with Gasteiger partial charge in [-0.25, -0.2) is 0 Å². The lowest BCUT2D eigenvalue weighted by Gasteiger charge is -2.39. The Kier molecular flexibility index (Phi) is 1.66. The summed E-state index contributed by atoms with van der Waals surface area (Å²) in [5, 5.41) is 0. The van der Waals surface area contributed by atoms with Crippen molar-refractivity contribution in [2.24, 2.45) is 5.41 Å². The van der Waals surface area contributed by atoms with Gasteiger partial charge in [0.15, 0.2) is 0 Å². The van der Waals surface area contributed by atoms with Crippen LogP contribution in [-0.4, -0.2) is 0 Å². The first-order chi connectivity index (χ1) is 7.05. The first kappa shape index (κ1) is 9.41. The van der Waals surface area contributed by atoms with Crippen molar-refractivity contribution in [2.45, 2.75) is 45.3 Å². The maximum Gasteiger partial charge on any atom is 0.0992 e. The highest BCUT2D eigenvalue weighted by molar-refractivity contribution is 5.42. The molecular formula is C14H18O. The lowest BCUT2D eigenvalue weighted by Crippen LogP contribution is -2.37. The van der Waals surface area contributed by atoms with Crippen molar-refractivity contribution in [3.63, 3.8) is 0 Å². The zero-order chi connectivity index (χ0) is 10.7. The number of benzene rings is 1. The number of ether oxygens (including phenoxy) is 1. The second kappa shape index (κ2) is 2.65. The summed E-state index contributed by atoms with van der Waals surface area (Å²) in [5.74, 6) is 0. The molecule has 0 radical (unpaired) electrons. The van der Waals surface area contributed by atoms with Gasteiger partial charge in [0, 0.05) is 0 Å². The van der Waals surface area contributed by atoms with E-state index in [9.17, 15) is 0 Å². The zero-order valence-corrected chi connectivity index (χ0v) is 9.71. The summed E-state index contributed by atoms with van der Waals surface area (Å²) >= 11 is 0. The van der Waals surface area contributed by atoms with Crippen LogP contribution in [0.4, 0.5) is 0 Å². The fourth-order valence-electron chi connectivity index (χ4n) is 3.21. The van der Waals surface area contributed by atoms with Gasteiger partial charge in [-0.1, -0.05) is 45.0 Å². The van der Waals surface area contributed by atoms with E-state index in [1.165, 1.54) is 24.0 Å². The summed E-state index contributed by atoms with van der Waals surface area (Å²) < 4.78 is 6.29. The highest BCUT2D eigenvalue weighted by Gasteiger charge is 2.56. The van der Waals surface area contributed by atoms with Gasteiger partial charge >= 0.3 is 0 Å². The Hall–Kier alpha value is -0.820. The molecule has 0 aromatic heterocycles. The minimum atomic E-state index is -0.0196. The summed E-state index contributed by atoms with van der Waals surface area (Å²) in [6, 6.07) is 8.74. The molecule has 0 spiro atoms. The van der Waals surface area contributed by atoms with Crippen molar-refractivity contribution in [2.75, 3.05) is 0 Å². The van der Waals surface area contributed by atoms with Crippen LogP contribution < -0.4 is 0 Å². The molecule has 0 aliphatic carbocycles. The van der Waals surface area contributed by atoms with Gasteiger partial charge in [-0.15, -0.1) is 0 Å². The van der Waals surface area contributed by atoms with Crippen LogP contribution in [0.1, 0.15) is 50.8 Å². The van der Waals surface area contributed by atoms with Crippen molar-refractivity contribution < 1.29 is 4.74 Å². The van der Waals surface area contributed by atoms with E-state index in [1.807, 2.05) is 0 Å². The third-order valence-corrected chi connectivity index (χ3v) is 4.06. The van der Waals surface area contributed by atoms with E-state index in [-0.39, 0.29) is 11.0 Å². The van der Waals surface area contributed by atoms with Gasteiger partial charge in [0.2, 0.25) is 0 Å². The minimum Gasteiger partial charge on any atom is -0.362 e. The fraction of sp³-hybridized carbons (Fsp3) is 0.571. The summed E-state index contributed by atoms with van der Waals surface area (Å²) in [5.41, 5.74) is 3.04. The Bertz CT molecular complexity index is 402. The summed E-state index contributed by atoms with van der Waals surface area (Å²) in [6.07, 6.45) is 2.73. The zero-order valence-electron chi connectivity index (χ0n) is 9.71. The molecule has 1 aromatic rings. The van der Waals surface area contributed by atoms with Crippen LogP contribution in [-0.2, 0) is 10.3 Å². The SMILES string of the molecule is CC(C)(C)C12CCC(O1)c1ccccc12. The topological polar surface area (TPSA) is 9.23 Å². The maximum absolute atomic E-state index is 6.29. The Morgan fingerprint density at radius 3 is 2.73 bits per heavy atom. The monoisotopic (exact) mass is 202 g/mol. The van der Waals surface area contributed by atoms with E-state index in [0.29, 0.717) is 6.10 Å². The van der Waals surface area contributed by atoms with Crippen molar-refractivity contribution in [3.05, 3.63) is 35.4 Å². The van der Waals surface area contributed by atoms with Crippen molar-refractivity contribution in [1.29, 1.82) is 0 Å². The average molecular weight is 202 g/mol. The fourth-order valence-corrected chi connectivity index (χ4v) is 3.21. The van der Waals surface area contributed by atoms with Gasteiger partial charge in [0.05, 0.1) is 11.7 Å². The number of fused-ring (bicyclic) bond motifs is 5. The molecule has 2 atom stereocenters. The molecule has 15 heavy (non-hydrogen) atoms. The van der Waals surface area contributed by atoms with Crippen LogP contribution >= 0.6 is 0 Å². The predicted molar refractivity (Wildman–Crippen MR) is 60.6 cm³/mol. The summed E-state index contributed by atoms with van der Waals surface area (Å²) in [6.45, 7) is 6.87. The molecule has 2 bridgehead atoms. The molecule has 3 rings (SSSR count). The molecule has 2 unspecified atom stereocenters. The van der Waals surface area contributed by atoms with Crippen LogP contribution in [0.2, 0.25) is 0 Å². The number of hydrogen-bond donors (Lipinski definition) is 0. The quantitative estimate of drug-likeness (QED) is 0.622. The van der Waals surface area contributed by atoms with E-state index >= 15 is 0 Å². The van der Waals surface area contributed by atoms with Gasteiger partial charge in [-0.3, -0.25) is 0 Å². The van der Waals surface area contributed by atoms with Crippen molar-refractivity contribution >= 4 is 0 Å². The maximum atomic E-state index is 6.29. The van der Waals surface area contributed by atoms with Crippen LogP contribution in [0, 0.1) is 5.41 Å². The van der Waals surface area contributed by atoms with Gasteiger partial charge < -0.3 is 4.74 Å². The Morgan fingerprint density at radius 2 is 2.00 bits per heavy atom. The van der Waals surface area contributed by atoms with E-state index in [1.54, 1.807) is 0 Å². The van der Waals surface area contributed by atoms with Gasteiger partial charge in [0.1, 0.15) is 0 Å². The first-order valence-electron chi connectivity index (χ1n) is 5.82. The normalized spacial score (nSPS) is 33.1. The molecule has 1 saturated heterocycles. The standard InChI is InChI=1S/C14H18O/c1-13(2,3)14-9-8-12(15-14)10-6-4-5-7-11(10)14/h4-7,12H,8-9H2,1-3H3. The highest BCUT2D eigenvalue weighted by Crippen LogP contribution is 2.61. The lowest BCUT2D eigenvalue weighted by atomic mass is 9.68. The van der Waals surface area contributed by atoms with E-state index in [0.717, 1.165) is 0 Å². The minimum absolute atomic E-state index is 0.0196. The molecule has 0 N–H and O–H groups in total. The molecule has 1 fully saturated rings. The number of rotatable bonds is 0. The molecule has 1 nitrogen and oxygen atoms in total. The Morgan fingerprint density at radius 1 is 1.27 bits per heavy atom. The second-order valence-electron chi connectivity index (χ2n) is 5.81. The molecule has 2 heterocycles. The molecular weight excluding hydrogens is 184 g/mol. The Balaban J connectivity index is 2.22. The largest absolute Gasteiger partial charge is 0.362 e. The molecule has 2 aliphatic rings. The third kappa shape index (κ3) is 1.02. The molecule has 1 aromatic carbocycles. The van der Waals surface area contributed by atoms with Crippen molar-refractivity contribution in [3.8, 4) is 0 Å². The van der Waals surface area contributed by atoms with Crippen LogP contribution in [0.25, 0.3) is 0 Å². The molecule has 0 amide bonds. The summed E-state index contributed by atoms with van der Waals surface area (Å²) in [7, 11) is 0.